The molecule has 0 bridgehead atoms. The van der Waals surface area contributed by atoms with Crippen LogP contribution in [-0.2, 0) is 20.9 Å². The number of carboxylic acids is 1. The molecular weight excluding hydrogens is 292 g/mol. The van der Waals surface area contributed by atoms with Crippen LogP contribution in [0.2, 0.25) is 0 Å². The third kappa shape index (κ3) is 5.79. The fourth-order valence-corrected chi connectivity index (χ4v) is 3.28. The minimum atomic E-state index is -0.894. The van der Waals surface area contributed by atoms with Crippen LogP contribution in [0, 0.1) is 11.8 Å². The lowest BCUT2D eigenvalue weighted by Gasteiger charge is -2.31. The van der Waals surface area contributed by atoms with E-state index in [0.717, 1.165) is 25.7 Å². The van der Waals surface area contributed by atoms with Crippen molar-refractivity contribution in [1.29, 1.82) is 0 Å². The Balaban J connectivity index is 1.71. The van der Waals surface area contributed by atoms with Gasteiger partial charge < -0.3 is 9.84 Å². The van der Waals surface area contributed by atoms with Crippen molar-refractivity contribution in [2.45, 2.75) is 58.2 Å². The highest BCUT2D eigenvalue weighted by Gasteiger charge is 2.29. The number of hydrogen-bond donors (Lipinski definition) is 1. The molecule has 2 rings (SSSR count). The number of benzene rings is 1. The molecule has 4 nitrogen and oxygen atoms in total. The molecule has 23 heavy (non-hydrogen) atoms. The Labute approximate surface area is 137 Å². The van der Waals surface area contributed by atoms with Crippen LogP contribution in [0.15, 0.2) is 30.3 Å². The van der Waals surface area contributed by atoms with Gasteiger partial charge in [-0.25, -0.2) is 0 Å². The number of carboxylic acid groups (broad SMARTS) is 1. The van der Waals surface area contributed by atoms with Crippen LogP contribution in [0.1, 0.15) is 51.0 Å². The van der Waals surface area contributed by atoms with Gasteiger partial charge in [0.2, 0.25) is 0 Å². The van der Waals surface area contributed by atoms with E-state index in [1.807, 2.05) is 18.2 Å². The highest BCUT2D eigenvalue weighted by atomic mass is 16.5. The van der Waals surface area contributed by atoms with Gasteiger partial charge in [-0.1, -0.05) is 30.3 Å². The SMILES string of the molecule is CC(OCc1ccccc1)C1CCC(C(=O)CCC(=O)O)CC1. The molecule has 0 spiro atoms. The van der Waals surface area contributed by atoms with E-state index in [1.165, 1.54) is 5.56 Å². The standard InChI is InChI=1S/C19H26O4/c1-14(23-13-15-5-3-2-4-6-15)16-7-9-17(10-8-16)18(20)11-12-19(21)22/h2-6,14,16-17H,7-13H2,1H3,(H,21,22). The van der Waals surface area contributed by atoms with Crippen LogP contribution < -0.4 is 0 Å². The summed E-state index contributed by atoms with van der Waals surface area (Å²) in [6, 6.07) is 10.1. The summed E-state index contributed by atoms with van der Waals surface area (Å²) in [6.07, 6.45) is 4.01. The van der Waals surface area contributed by atoms with E-state index in [2.05, 4.69) is 19.1 Å². The first-order valence-corrected chi connectivity index (χ1v) is 8.46. The first kappa shape index (κ1) is 17.7. The zero-order valence-electron chi connectivity index (χ0n) is 13.7. The smallest absolute Gasteiger partial charge is 0.303 e. The zero-order valence-corrected chi connectivity index (χ0v) is 13.7. The maximum atomic E-state index is 12.0. The van der Waals surface area contributed by atoms with Crippen LogP contribution in [0.3, 0.4) is 0 Å². The summed E-state index contributed by atoms with van der Waals surface area (Å²) in [5.74, 6) is -0.243. The molecule has 4 heteroatoms. The Morgan fingerprint density at radius 1 is 1.13 bits per heavy atom. The van der Waals surface area contributed by atoms with Gasteiger partial charge in [0.1, 0.15) is 5.78 Å². The highest BCUT2D eigenvalue weighted by Crippen LogP contribution is 2.33. The molecular formula is C19H26O4. The molecule has 0 aliphatic heterocycles. The van der Waals surface area contributed by atoms with E-state index in [4.69, 9.17) is 9.84 Å². The largest absolute Gasteiger partial charge is 0.481 e. The average Bonchev–Trinajstić information content (AvgIpc) is 2.58. The third-order valence-corrected chi connectivity index (χ3v) is 4.83. The molecule has 0 radical (unpaired) electrons. The van der Waals surface area contributed by atoms with Crippen LogP contribution in [0.5, 0.6) is 0 Å². The van der Waals surface area contributed by atoms with Gasteiger partial charge in [0.05, 0.1) is 19.1 Å². The molecule has 1 fully saturated rings. The van der Waals surface area contributed by atoms with Gasteiger partial charge in [-0.05, 0) is 44.1 Å². The van der Waals surface area contributed by atoms with Gasteiger partial charge in [0.15, 0.2) is 0 Å². The van der Waals surface area contributed by atoms with E-state index >= 15 is 0 Å². The van der Waals surface area contributed by atoms with Crippen molar-refractivity contribution in [3.8, 4) is 0 Å². The summed E-state index contributed by atoms with van der Waals surface area (Å²) >= 11 is 0. The number of rotatable bonds is 8. The Morgan fingerprint density at radius 3 is 2.39 bits per heavy atom. The fourth-order valence-electron chi connectivity index (χ4n) is 3.28. The lowest BCUT2D eigenvalue weighted by Crippen LogP contribution is -2.29. The molecule has 0 heterocycles. The average molecular weight is 318 g/mol. The minimum absolute atomic E-state index is 0.0463. The Bertz CT molecular complexity index is 503. The van der Waals surface area contributed by atoms with Gasteiger partial charge in [-0.15, -0.1) is 0 Å². The lowest BCUT2D eigenvalue weighted by molar-refractivity contribution is -0.139. The summed E-state index contributed by atoms with van der Waals surface area (Å²) in [5.41, 5.74) is 1.18. The molecule has 1 aromatic rings. The molecule has 0 saturated heterocycles. The first-order chi connectivity index (χ1) is 11.1. The Hall–Kier alpha value is -1.68. The summed E-state index contributed by atoms with van der Waals surface area (Å²) in [7, 11) is 0. The maximum absolute atomic E-state index is 12.0. The molecule has 1 N–H and O–H groups in total. The molecule has 0 aromatic heterocycles. The van der Waals surface area contributed by atoms with E-state index < -0.39 is 5.97 Å². The number of carbonyl (C=O) groups is 2. The van der Waals surface area contributed by atoms with E-state index in [-0.39, 0.29) is 30.6 Å². The van der Waals surface area contributed by atoms with Crippen LogP contribution in [0.4, 0.5) is 0 Å². The second-order valence-electron chi connectivity index (χ2n) is 6.47. The van der Waals surface area contributed by atoms with E-state index in [9.17, 15) is 9.59 Å². The molecule has 126 valence electrons. The topological polar surface area (TPSA) is 63.6 Å². The predicted octanol–water partition coefficient (Wildman–Crippen LogP) is 3.83. The van der Waals surface area contributed by atoms with Gasteiger partial charge in [-0.3, -0.25) is 9.59 Å². The van der Waals surface area contributed by atoms with Gasteiger partial charge in [0, 0.05) is 12.3 Å². The van der Waals surface area contributed by atoms with Crippen LogP contribution in [-0.4, -0.2) is 23.0 Å². The van der Waals surface area contributed by atoms with Gasteiger partial charge in [-0.2, -0.15) is 0 Å². The van der Waals surface area contributed by atoms with E-state index in [0.29, 0.717) is 12.5 Å². The van der Waals surface area contributed by atoms with Crippen molar-refractivity contribution in [2.24, 2.45) is 11.8 Å². The molecule has 1 aromatic carbocycles. The molecule has 1 aliphatic carbocycles. The zero-order chi connectivity index (χ0) is 16.7. The van der Waals surface area contributed by atoms with Crippen LogP contribution >= 0.6 is 0 Å². The van der Waals surface area contributed by atoms with Crippen molar-refractivity contribution in [3.63, 3.8) is 0 Å². The fraction of sp³-hybridized carbons (Fsp3) is 0.579. The molecule has 0 amide bonds. The normalized spacial score (nSPS) is 22.5. The number of carbonyl (C=O) groups excluding carboxylic acids is 1. The van der Waals surface area contributed by atoms with Crippen molar-refractivity contribution >= 4 is 11.8 Å². The number of hydrogen-bond acceptors (Lipinski definition) is 3. The molecule has 1 aliphatic rings. The van der Waals surface area contributed by atoms with Crippen molar-refractivity contribution < 1.29 is 19.4 Å². The monoisotopic (exact) mass is 318 g/mol. The molecule has 1 unspecified atom stereocenters. The number of ketones is 1. The number of Topliss-reactive ketones (excluding diaryl/α,β-unsaturated/α-hetero) is 1. The summed E-state index contributed by atoms with van der Waals surface area (Å²) < 4.78 is 5.98. The minimum Gasteiger partial charge on any atom is -0.481 e. The lowest BCUT2D eigenvalue weighted by atomic mass is 9.77. The van der Waals surface area contributed by atoms with Crippen LogP contribution in [0.25, 0.3) is 0 Å². The Morgan fingerprint density at radius 2 is 1.78 bits per heavy atom. The summed E-state index contributed by atoms with van der Waals surface area (Å²) in [6.45, 7) is 2.74. The first-order valence-electron chi connectivity index (χ1n) is 8.46. The van der Waals surface area contributed by atoms with Gasteiger partial charge >= 0.3 is 5.97 Å². The third-order valence-electron chi connectivity index (χ3n) is 4.83. The summed E-state index contributed by atoms with van der Waals surface area (Å²) in [5, 5.41) is 8.66. The van der Waals surface area contributed by atoms with Crippen molar-refractivity contribution in [1.82, 2.24) is 0 Å². The quantitative estimate of drug-likeness (QED) is 0.791. The number of ether oxygens (including phenoxy) is 1. The van der Waals surface area contributed by atoms with Gasteiger partial charge in [0.25, 0.3) is 0 Å². The second-order valence-corrected chi connectivity index (χ2v) is 6.47. The highest BCUT2D eigenvalue weighted by molar-refractivity contribution is 5.84. The second kappa shape index (κ2) is 8.82. The number of aliphatic carboxylic acids is 1. The van der Waals surface area contributed by atoms with Crippen molar-refractivity contribution in [3.05, 3.63) is 35.9 Å². The Kier molecular flexibility index (Phi) is 6.78. The molecule has 1 saturated carbocycles. The molecule has 1 atom stereocenters. The van der Waals surface area contributed by atoms with E-state index in [1.54, 1.807) is 0 Å². The predicted molar refractivity (Wildman–Crippen MR) is 88.0 cm³/mol. The van der Waals surface area contributed by atoms with Crippen molar-refractivity contribution in [2.75, 3.05) is 0 Å². The summed E-state index contributed by atoms with van der Waals surface area (Å²) in [4.78, 5) is 22.5. The maximum Gasteiger partial charge on any atom is 0.303 e.